The first-order chi connectivity index (χ1) is 20.2. The van der Waals surface area contributed by atoms with Crippen LogP contribution in [0.3, 0.4) is 0 Å². The summed E-state index contributed by atoms with van der Waals surface area (Å²) in [4.78, 5) is 42.1. The minimum atomic E-state index is -0.367. The lowest BCUT2D eigenvalue weighted by Crippen LogP contribution is -2.41. The van der Waals surface area contributed by atoms with Gasteiger partial charge in [0, 0.05) is 71.5 Å². The number of morpholine rings is 1. The molecule has 5 heterocycles. The summed E-state index contributed by atoms with van der Waals surface area (Å²) in [5, 5.41) is 10.6. The van der Waals surface area contributed by atoms with Crippen LogP contribution >= 0.6 is 11.3 Å². The van der Waals surface area contributed by atoms with E-state index >= 15 is 0 Å². The van der Waals surface area contributed by atoms with Crippen LogP contribution in [0.4, 0.5) is 11.4 Å². The van der Waals surface area contributed by atoms with Crippen molar-refractivity contribution >= 4 is 40.4 Å². The summed E-state index contributed by atoms with van der Waals surface area (Å²) in [6.45, 7) is 4.42. The van der Waals surface area contributed by atoms with Crippen LogP contribution in [-0.4, -0.2) is 82.8 Å². The van der Waals surface area contributed by atoms with Crippen molar-refractivity contribution in [3.8, 4) is 16.2 Å². The second-order valence-corrected chi connectivity index (χ2v) is 11.0. The average molecular weight is 594 g/mol. The van der Waals surface area contributed by atoms with Crippen LogP contribution in [0.5, 0.6) is 5.75 Å². The summed E-state index contributed by atoms with van der Waals surface area (Å²) in [6, 6.07) is 6.96. The molecule has 0 aromatic carbocycles. The van der Waals surface area contributed by atoms with E-state index in [0.717, 1.165) is 35.8 Å². The SMILES string of the molecule is COc1ccsc1-c1cc(C(=O)Nc2cc(C(=O)Nc3cc(C(=O)NCCN4CCOCC4)n(C)c3)n(C)c2)n(C)c1. The molecule has 0 spiro atoms. The number of nitrogens with zero attached hydrogens (tertiary/aromatic N) is 4. The molecule has 1 aliphatic heterocycles. The third-order valence-electron chi connectivity index (χ3n) is 7.16. The summed E-state index contributed by atoms with van der Waals surface area (Å²) >= 11 is 1.54. The predicted molar refractivity (Wildman–Crippen MR) is 162 cm³/mol. The third kappa shape index (κ3) is 6.43. The molecule has 0 radical (unpaired) electrons. The number of aryl methyl sites for hydroxylation is 3. The maximum atomic E-state index is 13.1. The number of ether oxygens (including phenoxy) is 2. The van der Waals surface area contributed by atoms with Gasteiger partial charge >= 0.3 is 0 Å². The lowest BCUT2D eigenvalue weighted by molar-refractivity contribution is 0.0383. The van der Waals surface area contributed by atoms with Gasteiger partial charge in [-0.15, -0.1) is 11.3 Å². The van der Waals surface area contributed by atoms with Crippen molar-refractivity contribution in [3.05, 3.63) is 65.3 Å². The lowest BCUT2D eigenvalue weighted by Gasteiger charge is -2.26. The number of methoxy groups -OCH3 is 1. The number of hydrogen-bond acceptors (Lipinski definition) is 7. The molecule has 42 heavy (non-hydrogen) atoms. The van der Waals surface area contributed by atoms with Gasteiger partial charge in [-0.05, 0) is 29.6 Å². The summed E-state index contributed by atoms with van der Waals surface area (Å²) in [5.74, 6) is -0.124. The molecule has 0 unspecified atom stereocenters. The van der Waals surface area contributed by atoms with E-state index in [1.807, 2.05) is 23.7 Å². The molecule has 3 N–H and O–H groups in total. The largest absolute Gasteiger partial charge is 0.495 e. The number of carbonyl (C=O) groups is 3. The van der Waals surface area contributed by atoms with Crippen molar-refractivity contribution < 1.29 is 23.9 Å². The van der Waals surface area contributed by atoms with Crippen LogP contribution in [0, 0.1) is 0 Å². The van der Waals surface area contributed by atoms with E-state index in [1.165, 1.54) is 11.3 Å². The molecule has 0 aliphatic carbocycles. The summed E-state index contributed by atoms with van der Waals surface area (Å²) in [6.07, 6.45) is 5.25. The van der Waals surface area contributed by atoms with E-state index in [9.17, 15) is 14.4 Å². The molecule has 222 valence electrons. The minimum absolute atomic E-state index is 0.212. The molecule has 0 bridgehead atoms. The van der Waals surface area contributed by atoms with Crippen molar-refractivity contribution in [2.75, 3.05) is 57.1 Å². The Hall–Kier alpha value is -4.33. The van der Waals surface area contributed by atoms with E-state index in [4.69, 9.17) is 9.47 Å². The number of anilines is 2. The number of hydrogen-bond donors (Lipinski definition) is 3. The molecular weight excluding hydrogens is 558 g/mol. The van der Waals surface area contributed by atoms with Crippen LogP contribution in [-0.2, 0) is 25.9 Å². The van der Waals surface area contributed by atoms with Crippen LogP contribution in [0.2, 0.25) is 0 Å². The van der Waals surface area contributed by atoms with Crippen molar-refractivity contribution in [3.63, 3.8) is 0 Å². The molecule has 5 rings (SSSR count). The van der Waals surface area contributed by atoms with Crippen LogP contribution in [0.15, 0.2) is 48.2 Å². The highest BCUT2D eigenvalue weighted by molar-refractivity contribution is 7.14. The summed E-state index contributed by atoms with van der Waals surface area (Å²) in [7, 11) is 6.91. The van der Waals surface area contributed by atoms with Gasteiger partial charge in [0.15, 0.2) is 0 Å². The van der Waals surface area contributed by atoms with E-state index < -0.39 is 0 Å². The first-order valence-corrected chi connectivity index (χ1v) is 14.4. The fourth-order valence-electron chi connectivity index (χ4n) is 4.93. The summed E-state index contributed by atoms with van der Waals surface area (Å²) in [5.41, 5.74) is 3.12. The molecule has 4 aromatic rings. The van der Waals surface area contributed by atoms with Gasteiger partial charge in [-0.3, -0.25) is 19.3 Å². The van der Waals surface area contributed by atoms with Gasteiger partial charge in [-0.2, -0.15) is 0 Å². The zero-order chi connectivity index (χ0) is 29.8. The Labute approximate surface area is 247 Å². The van der Waals surface area contributed by atoms with Gasteiger partial charge in [0.2, 0.25) is 0 Å². The van der Waals surface area contributed by atoms with E-state index in [-0.39, 0.29) is 17.7 Å². The lowest BCUT2D eigenvalue weighted by atomic mass is 10.2. The highest BCUT2D eigenvalue weighted by Crippen LogP contribution is 2.36. The quantitative estimate of drug-likeness (QED) is 0.260. The van der Waals surface area contributed by atoms with E-state index in [2.05, 4.69) is 20.9 Å². The maximum absolute atomic E-state index is 13.1. The average Bonchev–Trinajstić information content (AvgIpc) is 3.75. The standard InChI is InChI=1S/C29H35N7O5S/c1-33-16-19(26-25(40-4)5-12-42-26)13-22(33)28(38)31-21-15-24(35(3)18-21)29(39)32-20-14-23(34(2)17-20)27(37)30-6-7-36-8-10-41-11-9-36/h5,12-18H,6-11H2,1-4H3,(H,30,37)(H,31,38)(H,32,39). The number of nitrogens with one attached hydrogen (secondary N) is 3. The molecule has 0 atom stereocenters. The zero-order valence-electron chi connectivity index (χ0n) is 24.1. The molecule has 1 aliphatic rings. The monoisotopic (exact) mass is 593 g/mol. The van der Waals surface area contributed by atoms with Gasteiger partial charge in [0.05, 0.1) is 36.6 Å². The molecule has 1 fully saturated rings. The van der Waals surface area contributed by atoms with Crippen molar-refractivity contribution in [1.29, 1.82) is 0 Å². The van der Waals surface area contributed by atoms with Crippen molar-refractivity contribution in [2.45, 2.75) is 0 Å². The predicted octanol–water partition coefficient (Wildman–Crippen LogP) is 3.01. The Morgan fingerprint density at radius 3 is 2.05 bits per heavy atom. The first-order valence-electron chi connectivity index (χ1n) is 13.6. The Bertz CT molecular complexity index is 1590. The number of aromatic nitrogens is 3. The molecule has 12 nitrogen and oxygen atoms in total. The van der Waals surface area contributed by atoms with E-state index in [1.54, 1.807) is 66.5 Å². The number of rotatable bonds is 10. The highest BCUT2D eigenvalue weighted by atomic mass is 32.1. The van der Waals surface area contributed by atoms with Crippen molar-refractivity contribution in [2.24, 2.45) is 21.1 Å². The zero-order valence-corrected chi connectivity index (χ0v) is 24.9. The molecule has 0 saturated carbocycles. The van der Waals surface area contributed by atoms with Gasteiger partial charge < -0.3 is 39.1 Å². The topological polar surface area (TPSA) is 124 Å². The Balaban J connectivity index is 1.19. The first kappa shape index (κ1) is 29.2. The fraction of sp³-hybridized carbons (Fsp3) is 0.345. The number of thiophene rings is 1. The van der Waals surface area contributed by atoms with Crippen molar-refractivity contribution in [1.82, 2.24) is 23.9 Å². The Morgan fingerprint density at radius 2 is 1.43 bits per heavy atom. The minimum Gasteiger partial charge on any atom is -0.495 e. The third-order valence-corrected chi connectivity index (χ3v) is 8.10. The number of amides is 3. The number of carbonyl (C=O) groups excluding carboxylic acids is 3. The van der Waals surface area contributed by atoms with Crippen LogP contribution in [0.25, 0.3) is 10.4 Å². The normalized spacial score (nSPS) is 13.6. The van der Waals surface area contributed by atoms with Gasteiger partial charge in [-0.25, -0.2) is 0 Å². The Kier molecular flexibility index (Phi) is 8.80. The van der Waals surface area contributed by atoms with Gasteiger partial charge in [0.25, 0.3) is 17.7 Å². The van der Waals surface area contributed by atoms with Crippen LogP contribution < -0.4 is 20.7 Å². The van der Waals surface area contributed by atoms with Gasteiger partial charge in [0.1, 0.15) is 22.8 Å². The second-order valence-electron chi connectivity index (χ2n) is 10.1. The molecule has 1 saturated heterocycles. The Morgan fingerprint density at radius 1 is 0.857 bits per heavy atom. The molecular formula is C29H35N7O5S. The van der Waals surface area contributed by atoms with Gasteiger partial charge in [-0.1, -0.05) is 0 Å². The second kappa shape index (κ2) is 12.7. The highest BCUT2D eigenvalue weighted by Gasteiger charge is 2.20. The summed E-state index contributed by atoms with van der Waals surface area (Å²) < 4.78 is 15.8. The molecule has 3 amide bonds. The maximum Gasteiger partial charge on any atom is 0.272 e. The molecule has 13 heteroatoms. The fourth-order valence-corrected chi connectivity index (χ4v) is 5.78. The smallest absolute Gasteiger partial charge is 0.272 e. The van der Waals surface area contributed by atoms with E-state index in [0.29, 0.717) is 48.2 Å². The molecule has 4 aromatic heterocycles. The van der Waals surface area contributed by atoms with Crippen LogP contribution in [0.1, 0.15) is 31.5 Å².